The molecule has 3 rings (SSSR count). The molecule has 3 atom stereocenters. The Balaban J connectivity index is 2.01. The number of amides is 3. The smallest absolute Gasteiger partial charge is 0.408 e. The highest BCUT2D eigenvalue weighted by molar-refractivity contribution is 7.80. The van der Waals surface area contributed by atoms with E-state index >= 15 is 0 Å². The van der Waals surface area contributed by atoms with Crippen molar-refractivity contribution in [3.63, 3.8) is 0 Å². The molecule has 0 radical (unpaired) electrons. The summed E-state index contributed by atoms with van der Waals surface area (Å²) in [5, 5.41) is 5.57. The van der Waals surface area contributed by atoms with E-state index in [9.17, 15) is 19.2 Å². The van der Waals surface area contributed by atoms with E-state index in [1.807, 2.05) is 61.5 Å². The van der Waals surface area contributed by atoms with Gasteiger partial charge in [0.15, 0.2) is 0 Å². The third kappa shape index (κ3) is 10.3. The molecular weight excluding hydrogens is 578 g/mol. The third-order valence-electron chi connectivity index (χ3n) is 7.10. The molecule has 44 heavy (non-hydrogen) atoms. The van der Waals surface area contributed by atoms with E-state index in [0.717, 1.165) is 17.5 Å². The highest BCUT2D eigenvalue weighted by atomic mass is 32.1. The Bertz CT molecular complexity index is 1280. The number of esters is 1. The summed E-state index contributed by atoms with van der Waals surface area (Å²) in [5.41, 5.74) is 0.894. The Labute approximate surface area is 266 Å². The van der Waals surface area contributed by atoms with Crippen molar-refractivity contribution in [1.82, 2.24) is 15.5 Å². The van der Waals surface area contributed by atoms with E-state index in [0.29, 0.717) is 18.4 Å². The number of hydrogen-bond donors (Lipinski definition) is 3. The first kappa shape index (κ1) is 35.0. The molecule has 0 heterocycles. The van der Waals surface area contributed by atoms with Crippen LogP contribution in [-0.2, 0) is 30.3 Å². The van der Waals surface area contributed by atoms with Crippen LogP contribution < -0.4 is 10.6 Å². The predicted octanol–water partition coefficient (Wildman–Crippen LogP) is 5.31. The van der Waals surface area contributed by atoms with E-state index in [4.69, 9.17) is 9.47 Å². The molecule has 0 spiro atoms. The van der Waals surface area contributed by atoms with Crippen molar-refractivity contribution in [2.24, 2.45) is 0 Å². The summed E-state index contributed by atoms with van der Waals surface area (Å²) in [4.78, 5) is 56.2. The third-order valence-corrected chi connectivity index (χ3v) is 7.47. The SMILES string of the molecule is Cc1ccc(C(C(=O)NC(Cc2ccccc2)C(=O)OC(C)(C)C)N(C(=O)C(CS)NC(=O)OC(C)(C)C)C2CCC2)cc1. The molecule has 240 valence electrons. The van der Waals surface area contributed by atoms with Crippen LogP contribution >= 0.6 is 12.6 Å². The number of hydrogen-bond acceptors (Lipinski definition) is 7. The summed E-state index contributed by atoms with van der Waals surface area (Å²) in [6.07, 6.45) is 1.76. The Morgan fingerprint density at radius 3 is 1.95 bits per heavy atom. The molecule has 0 saturated heterocycles. The fraction of sp³-hybridized carbons (Fsp3) is 0.529. The number of thiol groups is 1. The number of aryl methyl sites for hydroxylation is 1. The number of rotatable bonds is 11. The molecule has 1 aliphatic rings. The van der Waals surface area contributed by atoms with Gasteiger partial charge in [-0.15, -0.1) is 0 Å². The van der Waals surface area contributed by atoms with Gasteiger partial charge in [0.2, 0.25) is 11.8 Å². The van der Waals surface area contributed by atoms with Crippen molar-refractivity contribution in [1.29, 1.82) is 0 Å². The lowest BCUT2D eigenvalue weighted by Crippen LogP contribution is -2.59. The van der Waals surface area contributed by atoms with Crippen molar-refractivity contribution < 1.29 is 28.7 Å². The summed E-state index contributed by atoms with van der Waals surface area (Å²) in [6, 6.07) is 13.4. The monoisotopic (exact) mass is 625 g/mol. The van der Waals surface area contributed by atoms with Gasteiger partial charge >= 0.3 is 12.1 Å². The number of nitrogens with one attached hydrogen (secondary N) is 2. The maximum absolute atomic E-state index is 14.4. The molecule has 1 saturated carbocycles. The zero-order chi connectivity index (χ0) is 32.7. The van der Waals surface area contributed by atoms with Crippen LogP contribution in [0.15, 0.2) is 54.6 Å². The molecular formula is C34H47N3O6S. The standard InChI is InChI=1S/C34H47N3O6S/c1-22-16-18-24(19-17-22)28(29(38)35-26(31(40)42-33(2,3)4)20-23-12-9-8-10-13-23)37(25-14-11-15-25)30(39)27(21-44)36-32(41)43-34(5,6)7/h8-10,12-13,16-19,25-28,44H,11,14-15,20-21H2,1-7H3,(H,35,38)(H,36,41). The van der Waals surface area contributed by atoms with Gasteiger partial charge in [0, 0.05) is 18.2 Å². The number of ether oxygens (including phenoxy) is 2. The maximum atomic E-state index is 14.4. The molecule has 3 unspecified atom stereocenters. The molecule has 0 aliphatic heterocycles. The normalized spacial score (nSPS) is 15.6. The first-order valence-electron chi connectivity index (χ1n) is 15.1. The van der Waals surface area contributed by atoms with Crippen molar-refractivity contribution in [3.8, 4) is 0 Å². The molecule has 0 bridgehead atoms. The van der Waals surface area contributed by atoms with Crippen LogP contribution in [0.3, 0.4) is 0 Å². The van der Waals surface area contributed by atoms with Crippen LogP contribution in [0.2, 0.25) is 0 Å². The van der Waals surface area contributed by atoms with Gasteiger partial charge in [0.05, 0.1) is 0 Å². The van der Waals surface area contributed by atoms with Gasteiger partial charge in [-0.3, -0.25) is 9.59 Å². The largest absolute Gasteiger partial charge is 0.458 e. The number of alkyl carbamates (subject to hydrolysis) is 1. The lowest BCUT2D eigenvalue weighted by atomic mass is 9.88. The minimum atomic E-state index is -1.07. The molecule has 2 aromatic rings. The Morgan fingerprint density at radius 2 is 1.45 bits per heavy atom. The second-order valence-electron chi connectivity index (χ2n) is 13.3. The lowest BCUT2D eigenvalue weighted by molar-refractivity contribution is -0.159. The quantitative estimate of drug-likeness (QED) is 0.231. The number of nitrogens with zero attached hydrogens (tertiary/aromatic N) is 1. The first-order valence-corrected chi connectivity index (χ1v) is 15.8. The average molecular weight is 626 g/mol. The molecule has 1 aliphatic carbocycles. The highest BCUT2D eigenvalue weighted by Crippen LogP contribution is 2.34. The second-order valence-corrected chi connectivity index (χ2v) is 13.7. The van der Waals surface area contributed by atoms with Crippen LogP contribution in [0.5, 0.6) is 0 Å². The molecule has 3 amide bonds. The zero-order valence-electron chi connectivity index (χ0n) is 26.9. The summed E-state index contributed by atoms with van der Waals surface area (Å²) in [5.74, 6) is -1.54. The first-order chi connectivity index (χ1) is 20.6. The topological polar surface area (TPSA) is 114 Å². The second kappa shape index (κ2) is 15.0. The minimum Gasteiger partial charge on any atom is -0.458 e. The molecule has 2 N–H and O–H groups in total. The van der Waals surface area contributed by atoms with Gasteiger partial charge in [-0.05, 0) is 78.9 Å². The van der Waals surface area contributed by atoms with Gasteiger partial charge in [-0.25, -0.2) is 9.59 Å². The highest BCUT2D eigenvalue weighted by Gasteiger charge is 2.43. The molecule has 10 heteroatoms. The van der Waals surface area contributed by atoms with Crippen molar-refractivity contribution in [3.05, 3.63) is 71.3 Å². The summed E-state index contributed by atoms with van der Waals surface area (Å²) < 4.78 is 11.1. The Kier molecular flexibility index (Phi) is 11.9. The van der Waals surface area contributed by atoms with E-state index in [1.54, 1.807) is 46.4 Å². The molecule has 9 nitrogen and oxygen atoms in total. The van der Waals surface area contributed by atoms with E-state index < -0.39 is 53.2 Å². The fourth-order valence-corrected chi connectivity index (χ4v) is 5.10. The number of carbonyl (C=O) groups is 4. The van der Waals surface area contributed by atoms with E-state index in [2.05, 4.69) is 23.3 Å². The van der Waals surface area contributed by atoms with Crippen LogP contribution in [-0.4, -0.2) is 63.9 Å². The van der Waals surface area contributed by atoms with Crippen molar-refractivity contribution in [2.45, 2.75) is 110 Å². The average Bonchev–Trinajstić information content (AvgIpc) is 2.89. The van der Waals surface area contributed by atoms with Gasteiger partial charge in [0.1, 0.15) is 29.3 Å². The van der Waals surface area contributed by atoms with E-state index in [-0.39, 0.29) is 18.2 Å². The van der Waals surface area contributed by atoms with Gasteiger partial charge in [-0.2, -0.15) is 12.6 Å². The molecule has 0 aromatic heterocycles. The van der Waals surface area contributed by atoms with Crippen LogP contribution in [0, 0.1) is 6.92 Å². The van der Waals surface area contributed by atoms with Crippen LogP contribution in [0.4, 0.5) is 4.79 Å². The van der Waals surface area contributed by atoms with Gasteiger partial charge < -0.3 is 25.0 Å². The summed E-state index contributed by atoms with van der Waals surface area (Å²) in [6.45, 7) is 12.5. The van der Waals surface area contributed by atoms with Crippen molar-refractivity contribution >= 4 is 36.5 Å². The summed E-state index contributed by atoms with van der Waals surface area (Å²) >= 11 is 4.37. The van der Waals surface area contributed by atoms with Crippen LogP contribution in [0.1, 0.15) is 83.5 Å². The number of benzene rings is 2. The van der Waals surface area contributed by atoms with Gasteiger partial charge in [-0.1, -0.05) is 60.2 Å². The van der Waals surface area contributed by atoms with Gasteiger partial charge in [0.25, 0.3) is 0 Å². The number of carbonyl (C=O) groups excluding carboxylic acids is 4. The van der Waals surface area contributed by atoms with Crippen LogP contribution in [0.25, 0.3) is 0 Å². The molecule has 1 fully saturated rings. The predicted molar refractivity (Wildman–Crippen MR) is 173 cm³/mol. The Morgan fingerprint density at radius 1 is 0.864 bits per heavy atom. The summed E-state index contributed by atoms with van der Waals surface area (Å²) in [7, 11) is 0. The zero-order valence-corrected chi connectivity index (χ0v) is 27.8. The maximum Gasteiger partial charge on any atom is 0.408 e. The van der Waals surface area contributed by atoms with Crippen molar-refractivity contribution in [2.75, 3.05) is 5.75 Å². The Hall–Kier alpha value is -3.53. The fourth-order valence-electron chi connectivity index (χ4n) is 4.85. The van der Waals surface area contributed by atoms with E-state index in [1.165, 1.54) is 0 Å². The lowest BCUT2D eigenvalue weighted by Gasteiger charge is -2.43. The minimum absolute atomic E-state index is 0.00191. The molecule has 2 aromatic carbocycles.